The summed E-state index contributed by atoms with van der Waals surface area (Å²) in [5.74, 6) is 0. The number of allylic oxidation sites excluding steroid dienone is 3. The molecule has 0 atom stereocenters. The standard InChI is InChI=1S/C24H27N5O2S2/c1-15-12-17(10-11-29(15)28-25-4)20-9-8-16-6-5-7-19(16)22(20)26-23(30)27-33-21-13-18(14-32-21)24(2,3)31/h8-14,31H,1,5-7H2,2-4H3,(H2,26,27,30). The van der Waals surface area contributed by atoms with Crippen LogP contribution < -0.4 is 10.0 Å². The van der Waals surface area contributed by atoms with Crippen LogP contribution in [0.2, 0.25) is 0 Å². The lowest BCUT2D eigenvalue weighted by molar-refractivity contribution is 0.0789. The number of benzene rings is 1. The highest BCUT2D eigenvalue weighted by atomic mass is 32.2. The Kier molecular flexibility index (Phi) is 6.73. The summed E-state index contributed by atoms with van der Waals surface area (Å²) in [6, 6.07) is 5.81. The Labute approximate surface area is 202 Å². The van der Waals surface area contributed by atoms with E-state index in [2.05, 4.69) is 39.1 Å². The average Bonchev–Trinajstić information content (AvgIpc) is 3.44. The van der Waals surface area contributed by atoms with E-state index in [4.69, 9.17) is 0 Å². The van der Waals surface area contributed by atoms with Gasteiger partial charge in [-0.25, -0.2) is 9.80 Å². The zero-order valence-electron chi connectivity index (χ0n) is 18.9. The third-order valence-corrected chi connectivity index (χ3v) is 7.42. The zero-order valence-corrected chi connectivity index (χ0v) is 20.5. The highest BCUT2D eigenvalue weighted by Gasteiger charge is 2.22. The highest BCUT2D eigenvalue weighted by Crippen LogP contribution is 2.38. The number of nitrogens with zero attached hydrogens (tertiary/aromatic N) is 3. The maximum atomic E-state index is 12.8. The molecular weight excluding hydrogens is 454 g/mol. The van der Waals surface area contributed by atoms with Gasteiger partial charge in [-0.3, -0.25) is 4.72 Å². The van der Waals surface area contributed by atoms with Gasteiger partial charge < -0.3 is 10.4 Å². The van der Waals surface area contributed by atoms with Crippen LogP contribution in [0.4, 0.5) is 10.5 Å². The summed E-state index contributed by atoms with van der Waals surface area (Å²) in [6.07, 6.45) is 8.72. The van der Waals surface area contributed by atoms with Crippen molar-refractivity contribution in [3.8, 4) is 0 Å². The summed E-state index contributed by atoms with van der Waals surface area (Å²) in [5, 5.41) is 24.6. The van der Waals surface area contributed by atoms with Gasteiger partial charge in [-0.2, -0.15) is 5.11 Å². The first-order valence-corrected chi connectivity index (χ1v) is 12.3. The SMILES string of the molecule is C=C1C=C(c2ccc3c(c2NC(=O)NSc2cc(C(C)(C)O)cs2)CCC3)C=CN1N=NC. The zero-order chi connectivity index (χ0) is 23.6. The molecule has 0 saturated carbocycles. The Balaban J connectivity index is 1.54. The van der Waals surface area contributed by atoms with Gasteiger partial charge in [0.15, 0.2) is 0 Å². The highest BCUT2D eigenvalue weighted by molar-refractivity contribution is 7.99. The predicted molar refractivity (Wildman–Crippen MR) is 135 cm³/mol. The topological polar surface area (TPSA) is 89.3 Å². The number of anilines is 1. The van der Waals surface area contributed by atoms with E-state index in [9.17, 15) is 9.90 Å². The van der Waals surface area contributed by atoms with Gasteiger partial charge in [-0.15, -0.1) is 11.3 Å². The molecule has 0 fully saturated rings. The van der Waals surface area contributed by atoms with Gasteiger partial charge in [-0.1, -0.05) is 23.9 Å². The van der Waals surface area contributed by atoms with Crippen molar-refractivity contribution in [3.05, 3.63) is 76.5 Å². The van der Waals surface area contributed by atoms with Gasteiger partial charge in [0.05, 0.1) is 28.2 Å². The molecule has 3 N–H and O–H groups in total. The summed E-state index contributed by atoms with van der Waals surface area (Å²) < 4.78 is 3.77. The molecule has 2 aliphatic rings. The minimum atomic E-state index is -0.906. The number of rotatable bonds is 6. The number of thiophene rings is 1. The Bertz CT molecular complexity index is 1170. The molecule has 2 heterocycles. The van der Waals surface area contributed by atoms with Crippen LogP contribution in [0.5, 0.6) is 0 Å². The minimum Gasteiger partial charge on any atom is -0.386 e. The van der Waals surface area contributed by atoms with Crippen LogP contribution in [0.3, 0.4) is 0 Å². The monoisotopic (exact) mass is 481 g/mol. The quantitative estimate of drug-likeness (QED) is 0.348. The third-order valence-electron chi connectivity index (χ3n) is 5.56. The molecule has 2 aromatic rings. The first-order valence-electron chi connectivity index (χ1n) is 10.6. The maximum absolute atomic E-state index is 12.8. The van der Waals surface area contributed by atoms with E-state index < -0.39 is 5.60 Å². The van der Waals surface area contributed by atoms with Crippen molar-refractivity contribution in [3.63, 3.8) is 0 Å². The molecule has 0 spiro atoms. The molecule has 0 bridgehead atoms. The number of carbonyl (C=O) groups excluding carboxylic acids is 1. The van der Waals surface area contributed by atoms with Crippen LogP contribution in [0, 0.1) is 0 Å². The van der Waals surface area contributed by atoms with Crippen LogP contribution >= 0.6 is 23.3 Å². The van der Waals surface area contributed by atoms with Crippen molar-refractivity contribution in [1.82, 2.24) is 9.73 Å². The van der Waals surface area contributed by atoms with Gasteiger partial charge in [0.1, 0.15) is 0 Å². The second-order valence-corrected chi connectivity index (χ2v) is 10.4. The van der Waals surface area contributed by atoms with Crippen LogP contribution in [0.25, 0.3) is 5.57 Å². The summed E-state index contributed by atoms with van der Waals surface area (Å²) in [6.45, 7) is 7.55. The van der Waals surface area contributed by atoms with Gasteiger partial charge in [0.2, 0.25) is 0 Å². The van der Waals surface area contributed by atoms with Gasteiger partial charge in [0.25, 0.3) is 0 Å². The number of urea groups is 1. The normalized spacial score (nSPS) is 15.7. The number of hydrogen-bond acceptors (Lipinski definition) is 6. The Hall–Kier alpha value is -2.88. The number of hydrogen-bond donors (Lipinski definition) is 3. The first kappa shape index (κ1) is 23.3. The summed E-state index contributed by atoms with van der Waals surface area (Å²) in [5.41, 5.74) is 5.81. The smallest absolute Gasteiger partial charge is 0.329 e. The molecule has 1 aromatic carbocycles. The number of aryl methyl sites for hydroxylation is 1. The van der Waals surface area contributed by atoms with E-state index in [0.717, 1.165) is 45.9 Å². The van der Waals surface area contributed by atoms with Crippen molar-refractivity contribution < 1.29 is 9.90 Å². The summed E-state index contributed by atoms with van der Waals surface area (Å²) in [4.78, 5) is 12.8. The number of aliphatic hydroxyl groups is 1. The average molecular weight is 482 g/mol. The number of amides is 2. The molecule has 172 valence electrons. The molecule has 33 heavy (non-hydrogen) atoms. The first-order chi connectivity index (χ1) is 15.8. The molecule has 1 aliphatic heterocycles. The molecule has 1 aliphatic carbocycles. The molecule has 0 radical (unpaired) electrons. The van der Waals surface area contributed by atoms with E-state index in [-0.39, 0.29) is 6.03 Å². The number of carbonyl (C=O) groups is 1. The van der Waals surface area contributed by atoms with E-state index >= 15 is 0 Å². The number of fused-ring (bicyclic) bond motifs is 1. The lowest BCUT2D eigenvalue weighted by atomic mass is 9.95. The fourth-order valence-electron chi connectivity index (χ4n) is 3.87. The minimum absolute atomic E-state index is 0.291. The molecule has 1 aromatic heterocycles. The molecule has 0 unspecified atom stereocenters. The summed E-state index contributed by atoms with van der Waals surface area (Å²) in [7, 11) is 1.61. The van der Waals surface area contributed by atoms with Crippen LogP contribution in [0.1, 0.15) is 42.5 Å². The van der Waals surface area contributed by atoms with Gasteiger partial charge >= 0.3 is 6.03 Å². The molecule has 4 rings (SSSR count). The Morgan fingerprint density at radius 3 is 2.85 bits per heavy atom. The van der Waals surface area contributed by atoms with Crippen LogP contribution in [0.15, 0.2) is 68.8 Å². The summed E-state index contributed by atoms with van der Waals surface area (Å²) >= 11 is 2.73. The lowest BCUT2D eigenvalue weighted by Crippen LogP contribution is -2.24. The van der Waals surface area contributed by atoms with Crippen molar-refractivity contribution in [1.29, 1.82) is 0 Å². The predicted octanol–water partition coefficient (Wildman–Crippen LogP) is 6.02. The Morgan fingerprint density at radius 2 is 2.15 bits per heavy atom. The molecule has 2 amide bonds. The van der Waals surface area contributed by atoms with E-state index in [1.807, 2.05) is 29.8 Å². The van der Waals surface area contributed by atoms with Crippen LogP contribution in [-0.2, 0) is 18.4 Å². The second-order valence-electron chi connectivity index (χ2n) is 8.39. The maximum Gasteiger partial charge on any atom is 0.329 e. The molecule has 7 nitrogen and oxygen atoms in total. The van der Waals surface area contributed by atoms with E-state index in [1.165, 1.54) is 34.4 Å². The fraction of sp³-hybridized carbons (Fsp3) is 0.292. The van der Waals surface area contributed by atoms with Crippen LogP contribution in [-0.4, -0.2) is 23.2 Å². The van der Waals surface area contributed by atoms with Crippen molar-refractivity contribution in [2.24, 2.45) is 10.3 Å². The van der Waals surface area contributed by atoms with Crippen molar-refractivity contribution >= 4 is 40.6 Å². The van der Waals surface area contributed by atoms with Crippen molar-refractivity contribution in [2.75, 3.05) is 12.4 Å². The molecule has 0 saturated heterocycles. The molecular formula is C24H27N5O2S2. The largest absolute Gasteiger partial charge is 0.386 e. The van der Waals surface area contributed by atoms with E-state index in [1.54, 1.807) is 25.9 Å². The van der Waals surface area contributed by atoms with E-state index in [0.29, 0.717) is 5.70 Å². The van der Waals surface area contributed by atoms with Gasteiger partial charge in [-0.05, 0) is 90.9 Å². The number of nitrogens with one attached hydrogen (secondary N) is 2. The lowest BCUT2D eigenvalue weighted by Gasteiger charge is -2.21. The van der Waals surface area contributed by atoms with Gasteiger partial charge in [0, 0.05) is 11.8 Å². The van der Waals surface area contributed by atoms with Crippen molar-refractivity contribution in [2.45, 2.75) is 42.9 Å². The third kappa shape index (κ3) is 5.21. The Morgan fingerprint density at radius 1 is 1.33 bits per heavy atom. The molecule has 9 heteroatoms. The fourth-order valence-corrected chi connectivity index (χ4v) is 5.55. The second kappa shape index (κ2) is 9.54.